The molecule has 1 aromatic rings. The molecule has 0 radical (unpaired) electrons. The summed E-state index contributed by atoms with van der Waals surface area (Å²) in [7, 11) is 1.84. The smallest absolute Gasteiger partial charge is 0.211 e. The van der Waals surface area contributed by atoms with E-state index in [0.717, 1.165) is 11.4 Å². The highest BCUT2D eigenvalue weighted by Crippen LogP contribution is 2.20. The van der Waals surface area contributed by atoms with Crippen LogP contribution in [0.3, 0.4) is 0 Å². The Morgan fingerprint density at radius 2 is 2.33 bits per heavy atom. The molecule has 0 saturated carbocycles. The fourth-order valence-electron chi connectivity index (χ4n) is 1.11. The predicted octanol–water partition coefficient (Wildman–Crippen LogP) is 1.11. The fourth-order valence-corrected chi connectivity index (χ4v) is 1.11. The lowest BCUT2D eigenvalue weighted by atomic mass is 10.1. The Bertz CT molecular complexity index is 278. The number of nitrogens with one attached hydrogen (secondary N) is 1. The van der Waals surface area contributed by atoms with Gasteiger partial charge in [-0.05, 0) is 5.92 Å². The van der Waals surface area contributed by atoms with E-state index < -0.39 is 0 Å². The van der Waals surface area contributed by atoms with E-state index in [2.05, 4.69) is 10.4 Å². The Morgan fingerprint density at radius 3 is 2.83 bits per heavy atom. The van der Waals surface area contributed by atoms with Crippen molar-refractivity contribution in [2.45, 2.75) is 19.8 Å². The second-order valence-electron chi connectivity index (χ2n) is 3.02. The summed E-state index contributed by atoms with van der Waals surface area (Å²) in [6.45, 7) is 4.08. The van der Waals surface area contributed by atoms with Gasteiger partial charge in [-0.3, -0.25) is 9.48 Å². The maximum absolute atomic E-state index is 10.2. The molecule has 4 heteroatoms. The number of carbonyl (C=O) groups excluding carboxylic acids is 1. The molecule has 0 unspecified atom stereocenters. The minimum absolute atomic E-state index is 0.327. The number of hydrogen-bond acceptors (Lipinski definition) is 2. The molecule has 12 heavy (non-hydrogen) atoms. The molecule has 66 valence electrons. The van der Waals surface area contributed by atoms with Crippen molar-refractivity contribution in [3.05, 3.63) is 11.9 Å². The molecule has 0 aliphatic heterocycles. The Labute approximate surface area is 71.6 Å². The number of carbonyl (C=O) groups is 1. The van der Waals surface area contributed by atoms with Gasteiger partial charge in [0.15, 0.2) is 0 Å². The van der Waals surface area contributed by atoms with Gasteiger partial charge in [-0.15, -0.1) is 0 Å². The summed E-state index contributed by atoms with van der Waals surface area (Å²) in [4.78, 5) is 10.2. The van der Waals surface area contributed by atoms with Crippen molar-refractivity contribution in [3.63, 3.8) is 0 Å². The third-order valence-corrected chi connectivity index (χ3v) is 1.62. The quantitative estimate of drug-likeness (QED) is 0.685. The lowest BCUT2D eigenvalue weighted by Gasteiger charge is -2.01. The van der Waals surface area contributed by atoms with Crippen LogP contribution in [0.5, 0.6) is 0 Å². The summed E-state index contributed by atoms with van der Waals surface area (Å²) in [5.74, 6) is 0.327. The van der Waals surface area contributed by atoms with Gasteiger partial charge < -0.3 is 5.32 Å². The maximum atomic E-state index is 10.2. The van der Waals surface area contributed by atoms with E-state index in [1.807, 2.05) is 20.9 Å². The van der Waals surface area contributed by atoms with E-state index in [1.165, 1.54) is 0 Å². The third-order valence-electron chi connectivity index (χ3n) is 1.62. The number of amides is 1. The second-order valence-corrected chi connectivity index (χ2v) is 3.02. The zero-order valence-corrected chi connectivity index (χ0v) is 7.53. The molecule has 0 aliphatic rings. The maximum Gasteiger partial charge on any atom is 0.211 e. The molecule has 1 heterocycles. The molecule has 4 nitrogen and oxygen atoms in total. The van der Waals surface area contributed by atoms with Gasteiger partial charge in [0.25, 0.3) is 0 Å². The predicted molar refractivity (Wildman–Crippen MR) is 47.0 cm³/mol. The van der Waals surface area contributed by atoms with E-state index in [0.29, 0.717) is 12.3 Å². The Morgan fingerprint density at radius 1 is 1.67 bits per heavy atom. The molecule has 1 N–H and O–H groups in total. The lowest BCUT2D eigenvalue weighted by molar-refractivity contribution is -0.105. The van der Waals surface area contributed by atoms with Crippen LogP contribution in [-0.4, -0.2) is 16.2 Å². The number of hydrogen-bond donors (Lipinski definition) is 1. The van der Waals surface area contributed by atoms with Crippen LogP contribution in [0.4, 0.5) is 5.69 Å². The minimum atomic E-state index is 0.327. The van der Waals surface area contributed by atoms with Gasteiger partial charge in [-0.1, -0.05) is 13.8 Å². The van der Waals surface area contributed by atoms with Crippen LogP contribution in [0.2, 0.25) is 0 Å². The van der Waals surface area contributed by atoms with Crippen molar-refractivity contribution in [1.29, 1.82) is 0 Å². The van der Waals surface area contributed by atoms with Crippen LogP contribution in [0.15, 0.2) is 6.20 Å². The summed E-state index contributed by atoms with van der Waals surface area (Å²) < 4.78 is 1.70. The molecule has 1 aromatic heterocycles. The number of nitrogens with zero attached hydrogens (tertiary/aromatic N) is 2. The van der Waals surface area contributed by atoms with E-state index >= 15 is 0 Å². The zero-order valence-electron chi connectivity index (χ0n) is 7.53. The van der Waals surface area contributed by atoms with Gasteiger partial charge in [0.05, 0.1) is 11.4 Å². The monoisotopic (exact) mass is 167 g/mol. The molecule has 0 fully saturated rings. The number of aryl methyl sites for hydroxylation is 1. The highest BCUT2D eigenvalue weighted by atomic mass is 16.1. The Balaban J connectivity index is 2.99. The zero-order chi connectivity index (χ0) is 9.14. The summed E-state index contributed by atoms with van der Waals surface area (Å²) >= 11 is 0. The van der Waals surface area contributed by atoms with Crippen LogP contribution < -0.4 is 5.32 Å². The first-order chi connectivity index (χ1) is 5.65. The average molecular weight is 167 g/mol. The molecule has 0 saturated heterocycles. The van der Waals surface area contributed by atoms with E-state index in [9.17, 15) is 4.79 Å². The van der Waals surface area contributed by atoms with Crippen LogP contribution in [0, 0.1) is 0 Å². The number of anilines is 1. The highest BCUT2D eigenvalue weighted by Gasteiger charge is 2.09. The van der Waals surface area contributed by atoms with Gasteiger partial charge in [0.2, 0.25) is 6.41 Å². The highest BCUT2D eigenvalue weighted by molar-refractivity contribution is 5.72. The van der Waals surface area contributed by atoms with E-state index in [-0.39, 0.29) is 0 Å². The summed E-state index contributed by atoms with van der Waals surface area (Å²) in [5.41, 5.74) is 1.71. The normalized spacial score (nSPS) is 10.3. The molecular formula is C8H13N3O. The van der Waals surface area contributed by atoms with Crippen molar-refractivity contribution in [2.24, 2.45) is 7.05 Å². The van der Waals surface area contributed by atoms with E-state index in [4.69, 9.17) is 0 Å². The van der Waals surface area contributed by atoms with Crippen molar-refractivity contribution in [1.82, 2.24) is 9.78 Å². The molecule has 0 bridgehead atoms. The molecule has 0 spiro atoms. The topological polar surface area (TPSA) is 46.9 Å². The number of aromatic nitrogens is 2. The standard InChI is InChI=1S/C8H13N3O/c1-6(2)8-7(9-5-12)4-11(3)10-8/h4-6H,1-3H3,(H,9,12). The van der Waals surface area contributed by atoms with Crippen molar-refractivity contribution < 1.29 is 4.79 Å². The molecule has 1 rings (SSSR count). The third kappa shape index (κ3) is 1.64. The van der Waals surface area contributed by atoms with Crippen molar-refractivity contribution in [3.8, 4) is 0 Å². The van der Waals surface area contributed by atoms with Crippen LogP contribution in [-0.2, 0) is 11.8 Å². The molecule has 0 aromatic carbocycles. The van der Waals surface area contributed by atoms with Gasteiger partial charge in [-0.2, -0.15) is 5.10 Å². The SMILES string of the molecule is CC(C)c1nn(C)cc1NC=O. The Kier molecular flexibility index (Phi) is 2.47. The molecule has 0 atom stereocenters. The van der Waals surface area contributed by atoms with Gasteiger partial charge in [-0.25, -0.2) is 0 Å². The van der Waals surface area contributed by atoms with Crippen molar-refractivity contribution in [2.75, 3.05) is 5.32 Å². The lowest BCUT2D eigenvalue weighted by Crippen LogP contribution is -1.98. The second kappa shape index (κ2) is 3.38. The first kappa shape index (κ1) is 8.77. The van der Waals surface area contributed by atoms with Crippen LogP contribution >= 0.6 is 0 Å². The van der Waals surface area contributed by atoms with Crippen molar-refractivity contribution >= 4 is 12.1 Å². The molecule has 0 aliphatic carbocycles. The first-order valence-electron chi connectivity index (χ1n) is 3.89. The average Bonchev–Trinajstić information content (AvgIpc) is 2.32. The summed E-state index contributed by atoms with van der Waals surface area (Å²) in [6.07, 6.45) is 2.46. The summed E-state index contributed by atoms with van der Waals surface area (Å²) in [6, 6.07) is 0. The van der Waals surface area contributed by atoms with Gasteiger partial charge >= 0.3 is 0 Å². The number of rotatable bonds is 3. The first-order valence-corrected chi connectivity index (χ1v) is 3.89. The summed E-state index contributed by atoms with van der Waals surface area (Å²) in [5, 5.41) is 6.84. The largest absolute Gasteiger partial charge is 0.326 e. The van der Waals surface area contributed by atoms with Gasteiger partial charge in [0.1, 0.15) is 0 Å². The molecular weight excluding hydrogens is 154 g/mol. The van der Waals surface area contributed by atoms with Crippen LogP contribution in [0.25, 0.3) is 0 Å². The van der Waals surface area contributed by atoms with Crippen LogP contribution in [0.1, 0.15) is 25.5 Å². The molecule has 1 amide bonds. The minimum Gasteiger partial charge on any atom is -0.326 e. The van der Waals surface area contributed by atoms with E-state index in [1.54, 1.807) is 10.9 Å². The fraction of sp³-hybridized carbons (Fsp3) is 0.500. The van der Waals surface area contributed by atoms with Gasteiger partial charge in [0, 0.05) is 13.2 Å². The Hall–Kier alpha value is -1.32.